The van der Waals surface area contributed by atoms with E-state index in [1.165, 1.54) is 0 Å². The lowest BCUT2D eigenvalue weighted by Crippen LogP contribution is -2.24. The fourth-order valence-electron chi connectivity index (χ4n) is 2.62. The number of aliphatic imine (C=N–C) groups is 1. The van der Waals surface area contributed by atoms with E-state index in [2.05, 4.69) is 33.8 Å². The first-order valence-electron chi connectivity index (χ1n) is 7.57. The van der Waals surface area contributed by atoms with Crippen LogP contribution in [0.5, 0.6) is 0 Å². The molecule has 4 heteroatoms. The van der Waals surface area contributed by atoms with Crippen molar-refractivity contribution in [3.8, 4) is 0 Å². The summed E-state index contributed by atoms with van der Waals surface area (Å²) >= 11 is 0. The topological polar surface area (TPSA) is 49.3 Å². The molecule has 1 aromatic heterocycles. The molecule has 2 aromatic carbocycles. The van der Waals surface area contributed by atoms with Crippen LogP contribution in [0.2, 0.25) is 0 Å². The molecule has 112 valence electrons. The van der Waals surface area contributed by atoms with Crippen molar-refractivity contribution in [2.24, 2.45) is 4.99 Å². The molecule has 4 nitrogen and oxygen atoms in total. The molecular weight excluding hydrogens is 284 g/mol. The molecule has 23 heavy (non-hydrogen) atoms. The van der Waals surface area contributed by atoms with Crippen molar-refractivity contribution in [1.29, 1.82) is 0 Å². The maximum atomic E-state index is 4.82. The Kier molecular flexibility index (Phi) is 3.48. The molecule has 0 radical (unpaired) electrons. The van der Waals surface area contributed by atoms with Crippen LogP contribution in [-0.2, 0) is 6.54 Å². The second-order valence-electron chi connectivity index (χ2n) is 5.36. The van der Waals surface area contributed by atoms with Crippen LogP contribution in [0, 0.1) is 0 Å². The molecule has 3 aromatic rings. The number of para-hydroxylation sites is 3. The monoisotopic (exact) mass is 300 g/mol. The molecule has 0 atom stereocenters. The van der Waals surface area contributed by atoms with Gasteiger partial charge in [-0.1, -0.05) is 30.3 Å². The third-order valence-electron chi connectivity index (χ3n) is 3.77. The standard InChI is InChI=1S/C19H16N4/c1-2-8-16-15(7-1)19(21-13-14-6-5-11-20-12-14)23-18-10-4-3-9-17(18)22-16/h1-12,22H,13H2,(H,21,23). The molecule has 0 saturated heterocycles. The van der Waals surface area contributed by atoms with Crippen LogP contribution in [0.1, 0.15) is 11.1 Å². The minimum absolute atomic E-state index is 0.684. The van der Waals surface area contributed by atoms with E-state index in [1.807, 2.05) is 48.7 Å². The molecule has 1 aliphatic heterocycles. The minimum atomic E-state index is 0.684. The van der Waals surface area contributed by atoms with Crippen molar-refractivity contribution in [3.63, 3.8) is 0 Å². The van der Waals surface area contributed by atoms with Gasteiger partial charge in [0.05, 0.1) is 11.4 Å². The molecule has 0 bridgehead atoms. The highest BCUT2D eigenvalue weighted by atomic mass is 15.0. The zero-order valence-corrected chi connectivity index (χ0v) is 12.5. The summed E-state index contributed by atoms with van der Waals surface area (Å²) in [6.07, 6.45) is 3.64. The summed E-state index contributed by atoms with van der Waals surface area (Å²) in [6, 6.07) is 20.3. The predicted molar refractivity (Wildman–Crippen MR) is 93.4 cm³/mol. The highest BCUT2D eigenvalue weighted by Gasteiger charge is 2.15. The fourth-order valence-corrected chi connectivity index (χ4v) is 2.62. The van der Waals surface area contributed by atoms with Crippen LogP contribution in [0.4, 0.5) is 17.1 Å². The smallest absolute Gasteiger partial charge is 0.136 e. The van der Waals surface area contributed by atoms with E-state index in [-0.39, 0.29) is 0 Å². The van der Waals surface area contributed by atoms with Gasteiger partial charge in [0.25, 0.3) is 0 Å². The highest BCUT2D eigenvalue weighted by Crippen LogP contribution is 2.33. The summed E-state index contributed by atoms with van der Waals surface area (Å²) in [5.74, 6) is 0.863. The average Bonchev–Trinajstić information content (AvgIpc) is 2.77. The van der Waals surface area contributed by atoms with Crippen LogP contribution in [0.25, 0.3) is 0 Å². The third-order valence-corrected chi connectivity index (χ3v) is 3.77. The Labute approximate surface area is 134 Å². The number of rotatable bonds is 2. The van der Waals surface area contributed by atoms with Gasteiger partial charge in [0.1, 0.15) is 5.84 Å². The second-order valence-corrected chi connectivity index (χ2v) is 5.36. The van der Waals surface area contributed by atoms with Crippen LogP contribution >= 0.6 is 0 Å². The molecule has 4 rings (SSSR count). The third kappa shape index (κ3) is 2.79. The Bertz CT molecular complexity index is 856. The number of pyridine rings is 1. The number of nitrogens with one attached hydrogen (secondary N) is 2. The number of benzene rings is 2. The van der Waals surface area contributed by atoms with Gasteiger partial charge in [-0.2, -0.15) is 0 Å². The van der Waals surface area contributed by atoms with Crippen molar-refractivity contribution in [2.45, 2.75) is 6.54 Å². The van der Waals surface area contributed by atoms with E-state index >= 15 is 0 Å². The summed E-state index contributed by atoms with van der Waals surface area (Å²) in [4.78, 5) is 8.97. The van der Waals surface area contributed by atoms with Crippen molar-refractivity contribution in [3.05, 3.63) is 84.2 Å². The van der Waals surface area contributed by atoms with E-state index in [0.29, 0.717) is 6.54 Å². The largest absolute Gasteiger partial charge is 0.365 e. The summed E-state index contributed by atoms with van der Waals surface area (Å²) in [5, 5.41) is 6.91. The SMILES string of the molecule is c1cncc(CNC2=Nc3ccccc3Nc3ccccc32)c1. The minimum Gasteiger partial charge on any atom is -0.365 e. The van der Waals surface area contributed by atoms with Crippen LogP contribution in [-0.4, -0.2) is 10.8 Å². The van der Waals surface area contributed by atoms with Gasteiger partial charge in [0.2, 0.25) is 0 Å². The summed E-state index contributed by atoms with van der Waals surface area (Å²) in [5.41, 5.74) is 5.18. The van der Waals surface area contributed by atoms with Gasteiger partial charge < -0.3 is 10.6 Å². The number of hydrogen-bond acceptors (Lipinski definition) is 4. The van der Waals surface area contributed by atoms with E-state index < -0.39 is 0 Å². The average molecular weight is 300 g/mol. The first-order valence-corrected chi connectivity index (χ1v) is 7.57. The van der Waals surface area contributed by atoms with Crippen LogP contribution in [0.3, 0.4) is 0 Å². The highest BCUT2D eigenvalue weighted by molar-refractivity contribution is 6.07. The van der Waals surface area contributed by atoms with Gasteiger partial charge in [0, 0.05) is 30.2 Å². The lowest BCUT2D eigenvalue weighted by molar-refractivity contribution is 0.907. The normalized spacial score (nSPS) is 12.3. The Balaban J connectivity index is 1.72. The molecule has 0 fully saturated rings. The maximum Gasteiger partial charge on any atom is 0.136 e. The van der Waals surface area contributed by atoms with Crippen LogP contribution in [0.15, 0.2) is 78.0 Å². The van der Waals surface area contributed by atoms with E-state index in [4.69, 9.17) is 4.99 Å². The van der Waals surface area contributed by atoms with Crippen molar-refractivity contribution in [2.75, 3.05) is 5.32 Å². The molecular formula is C19H16N4. The van der Waals surface area contributed by atoms with Gasteiger partial charge in [-0.25, -0.2) is 4.99 Å². The number of fused-ring (bicyclic) bond motifs is 2. The Morgan fingerprint density at radius 2 is 1.70 bits per heavy atom. The first-order chi connectivity index (χ1) is 11.4. The van der Waals surface area contributed by atoms with E-state index in [0.717, 1.165) is 34.0 Å². The predicted octanol–water partition coefficient (Wildman–Crippen LogP) is 4.01. The van der Waals surface area contributed by atoms with Crippen molar-refractivity contribution >= 4 is 22.9 Å². The molecule has 0 aliphatic carbocycles. The van der Waals surface area contributed by atoms with Gasteiger partial charge >= 0.3 is 0 Å². The number of nitrogens with zero attached hydrogens (tertiary/aromatic N) is 2. The molecule has 0 unspecified atom stereocenters. The Hall–Kier alpha value is -3.14. The summed E-state index contributed by atoms with van der Waals surface area (Å²) < 4.78 is 0. The van der Waals surface area contributed by atoms with Gasteiger partial charge in [-0.05, 0) is 35.9 Å². The first kappa shape index (κ1) is 13.5. The molecule has 1 aliphatic rings. The quantitative estimate of drug-likeness (QED) is 0.752. The van der Waals surface area contributed by atoms with Crippen LogP contribution < -0.4 is 10.6 Å². The lowest BCUT2D eigenvalue weighted by Gasteiger charge is -2.12. The van der Waals surface area contributed by atoms with Crippen molar-refractivity contribution < 1.29 is 0 Å². The summed E-state index contributed by atoms with van der Waals surface area (Å²) in [7, 11) is 0. The van der Waals surface area contributed by atoms with Gasteiger partial charge in [-0.3, -0.25) is 4.98 Å². The molecule has 2 heterocycles. The molecule has 0 saturated carbocycles. The maximum absolute atomic E-state index is 4.82. The van der Waals surface area contributed by atoms with Gasteiger partial charge in [0.15, 0.2) is 0 Å². The fraction of sp³-hybridized carbons (Fsp3) is 0.0526. The zero-order valence-electron chi connectivity index (χ0n) is 12.5. The van der Waals surface area contributed by atoms with Crippen molar-refractivity contribution in [1.82, 2.24) is 10.3 Å². The summed E-state index contributed by atoms with van der Waals surface area (Å²) in [6.45, 7) is 0.684. The Morgan fingerprint density at radius 1 is 0.870 bits per heavy atom. The van der Waals surface area contributed by atoms with E-state index in [1.54, 1.807) is 6.20 Å². The number of anilines is 2. The number of aromatic nitrogens is 1. The Morgan fingerprint density at radius 3 is 2.57 bits per heavy atom. The molecule has 2 N–H and O–H groups in total. The second kappa shape index (κ2) is 5.93. The molecule has 0 spiro atoms. The van der Waals surface area contributed by atoms with Gasteiger partial charge in [-0.15, -0.1) is 0 Å². The number of amidine groups is 1. The van der Waals surface area contributed by atoms with E-state index in [9.17, 15) is 0 Å². The zero-order chi connectivity index (χ0) is 15.5. The lowest BCUT2D eigenvalue weighted by atomic mass is 10.1. The number of hydrogen-bond donors (Lipinski definition) is 2. The molecule has 0 amide bonds.